The molecule has 26 heavy (non-hydrogen) atoms. The van der Waals surface area contributed by atoms with Gasteiger partial charge in [0.2, 0.25) is 5.91 Å². The Hall–Kier alpha value is -2.41. The van der Waals surface area contributed by atoms with Crippen LogP contribution in [-0.4, -0.2) is 45.6 Å². The first kappa shape index (κ1) is 18.4. The fraction of sp³-hybridized carbons (Fsp3) is 0.389. The molecule has 1 aromatic heterocycles. The van der Waals surface area contributed by atoms with Crippen LogP contribution in [-0.2, 0) is 4.79 Å². The molecule has 0 aliphatic carbocycles. The predicted molar refractivity (Wildman–Crippen MR) is 96.0 cm³/mol. The number of hydrogen-bond donors (Lipinski definition) is 1. The summed E-state index contributed by atoms with van der Waals surface area (Å²) in [5, 5.41) is 7.47. The van der Waals surface area contributed by atoms with Crippen LogP contribution in [0.25, 0.3) is 5.69 Å². The molecule has 6 nitrogen and oxygen atoms in total. The lowest BCUT2D eigenvalue weighted by atomic mass is 10.0. The Labute approximate surface area is 155 Å². The van der Waals surface area contributed by atoms with Gasteiger partial charge in [0.05, 0.1) is 16.9 Å². The van der Waals surface area contributed by atoms with Crippen molar-refractivity contribution in [3.63, 3.8) is 0 Å². The van der Waals surface area contributed by atoms with Crippen LogP contribution >= 0.6 is 11.6 Å². The zero-order valence-electron chi connectivity index (χ0n) is 14.6. The summed E-state index contributed by atoms with van der Waals surface area (Å²) in [6, 6.07) is 5.71. The molecule has 0 spiro atoms. The number of nitrogens with zero attached hydrogens (tertiary/aromatic N) is 3. The summed E-state index contributed by atoms with van der Waals surface area (Å²) in [5.41, 5.74) is 1.39. The van der Waals surface area contributed by atoms with Crippen molar-refractivity contribution in [3.8, 4) is 5.69 Å². The molecule has 3 rings (SSSR count). The number of benzene rings is 1. The van der Waals surface area contributed by atoms with E-state index in [-0.39, 0.29) is 28.8 Å². The van der Waals surface area contributed by atoms with Crippen LogP contribution in [0.15, 0.2) is 24.3 Å². The quantitative estimate of drug-likeness (QED) is 0.893. The Balaban J connectivity index is 1.74. The summed E-state index contributed by atoms with van der Waals surface area (Å²) < 4.78 is 14.5. The lowest BCUT2D eigenvalue weighted by molar-refractivity contribution is -0.129. The second-order valence-electron chi connectivity index (χ2n) is 6.39. The molecule has 0 unspecified atom stereocenters. The Kier molecular flexibility index (Phi) is 5.27. The molecule has 2 aromatic rings. The van der Waals surface area contributed by atoms with Gasteiger partial charge in [-0.15, -0.1) is 0 Å². The molecule has 0 atom stereocenters. The van der Waals surface area contributed by atoms with E-state index in [1.165, 1.54) is 16.8 Å². The number of aromatic nitrogens is 2. The molecule has 0 radical (unpaired) electrons. The predicted octanol–water partition coefficient (Wildman–Crippen LogP) is 2.71. The minimum Gasteiger partial charge on any atom is -0.349 e. The summed E-state index contributed by atoms with van der Waals surface area (Å²) in [6.07, 6.45) is 1.40. The molecular formula is C18H20ClFN4O2. The van der Waals surface area contributed by atoms with Crippen LogP contribution in [0.2, 0.25) is 5.15 Å². The standard InChI is InChI=1S/C18H20ClFN4O2/c1-11-16(17(19)24(22-11)15-5-3-13(20)4-6-15)18(26)21-14-7-9-23(10-8-14)12(2)25/h3-6,14H,7-10H2,1-2H3,(H,21,26). The Morgan fingerprint density at radius 1 is 1.23 bits per heavy atom. The highest BCUT2D eigenvalue weighted by Gasteiger charge is 2.26. The highest BCUT2D eigenvalue weighted by Crippen LogP contribution is 2.24. The van der Waals surface area contributed by atoms with Gasteiger partial charge in [0.15, 0.2) is 0 Å². The first-order valence-electron chi connectivity index (χ1n) is 8.44. The average Bonchev–Trinajstić information content (AvgIpc) is 2.90. The highest BCUT2D eigenvalue weighted by molar-refractivity contribution is 6.33. The van der Waals surface area contributed by atoms with Crippen molar-refractivity contribution >= 4 is 23.4 Å². The molecule has 1 aromatic carbocycles. The van der Waals surface area contributed by atoms with E-state index in [0.29, 0.717) is 42.9 Å². The number of halogens is 2. The summed E-state index contributed by atoms with van der Waals surface area (Å²) in [7, 11) is 0. The summed E-state index contributed by atoms with van der Waals surface area (Å²) in [4.78, 5) is 25.8. The van der Waals surface area contributed by atoms with Crippen LogP contribution in [0.1, 0.15) is 35.8 Å². The van der Waals surface area contributed by atoms with Gasteiger partial charge in [0.25, 0.3) is 5.91 Å². The third-order valence-electron chi connectivity index (χ3n) is 4.58. The van der Waals surface area contributed by atoms with Crippen molar-refractivity contribution in [1.82, 2.24) is 20.0 Å². The van der Waals surface area contributed by atoms with Crippen LogP contribution in [0.5, 0.6) is 0 Å². The Morgan fingerprint density at radius 2 is 1.85 bits per heavy atom. The summed E-state index contributed by atoms with van der Waals surface area (Å²) in [6.45, 7) is 4.51. The molecule has 8 heteroatoms. The molecule has 138 valence electrons. The van der Waals surface area contributed by atoms with Crippen molar-refractivity contribution in [2.75, 3.05) is 13.1 Å². The number of amides is 2. The van der Waals surface area contributed by atoms with Gasteiger partial charge in [-0.05, 0) is 44.0 Å². The third-order valence-corrected chi connectivity index (χ3v) is 4.93. The molecule has 1 aliphatic rings. The number of carbonyl (C=O) groups excluding carboxylic acids is 2. The largest absolute Gasteiger partial charge is 0.349 e. The van der Waals surface area contributed by atoms with Crippen molar-refractivity contribution in [3.05, 3.63) is 46.5 Å². The SMILES string of the molecule is CC(=O)N1CCC(NC(=O)c2c(C)nn(-c3ccc(F)cc3)c2Cl)CC1. The third kappa shape index (κ3) is 3.72. The van der Waals surface area contributed by atoms with E-state index in [2.05, 4.69) is 10.4 Å². The van der Waals surface area contributed by atoms with Crippen LogP contribution < -0.4 is 5.32 Å². The van der Waals surface area contributed by atoms with E-state index < -0.39 is 0 Å². The van der Waals surface area contributed by atoms with Crippen molar-refractivity contribution in [2.24, 2.45) is 0 Å². The van der Waals surface area contributed by atoms with Crippen LogP contribution in [0.4, 0.5) is 4.39 Å². The number of likely N-dealkylation sites (tertiary alicyclic amines) is 1. The zero-order valence-corrected chi connectivity index (χ0v) is 15.4. The van der Waals surface area contributed by atoms with E-state index in [9.17, 15) is 14.0 Å². The molecule has 0 bridgehead atoms. The Bertz CT molecular complexity index is 826. The number of nitrogens with one attached hydrogen (secondary N) is 1. The van der Waals surface area contributed by atoms with E-state index in [0.717, 1.165) is 0 Å². The highest BCUT2D eigenvalue weighted by atomic mass is 35.5. The molecule has 1 fully saturated rings. The van der Waals surface area contributed by atoms with E-state index in [4.69, 9.17) is 11.6 Å². The number of hydrogen-bond acceptors (Lipinski definition) is 3. The first-order chi connectivity index (χ1) is 12.4. The molecular weight excluding hydrogens is 359 g/mol. The maximum absolute atomic E-state index is 13.1. The summed E-state index contributed by atoms with van der Waals surface area (Å²) in [5.74, 6) is -0.597. The lowest BCUT2D eigenvalue weighted by Crippen LogP contribution is -2.46. The van der Waals surface area contributed by atoms with Gasteiger partial charge in [-0.2, -0.15) is 5.10 Å². The van der Waals surface area contributed by atoms with Gasteiger partial charge in [-0.1, -0.05) is 11.6 Å². The molecule has 1 saturated heterocycles. The lowest BCUT2D eigenvalue weighted by Gasteiger charge is -2.31. The maximum atomic E-state index is 13.1. The maximum Gasteiger partial charge on any atom is 0.256 e. The number of carbonyl (C=O) groups is 2. The average molecular weight is 379 g/mol. The normalized spacial score (nSPS) is 15.2. The summed E-state index contributed by atoms with van der Waals surface area (Å²) >= 11 is 6.37. The minimum absolute atomic E-state index is 0.0114. The smallest absolute Gasteiger partial charge is 0.256 e. The van der Waals surface area contributed by atoms with Crippen molar-refractivity contribution < 1.29 is 14.0 Å². The topological polar surface area (TPSA) is 67.2 Å². The molecule has 1 N–H and O–H groups in total. The van der Waals surface area contributed by atoms with E-state index in [1.54, 1.807) is 30.9 Å². The molecule has 2 amide bonds. The number of rotatable bonds is 3. The van der Waals surface area contributed by atoms with E-state index >= 15 is 0 Å². The number of aryl methyl sites for hydroxylation is 1. The van der Waals surface area contributed by atoms with Crippen LogP contribution in [0, 0.1) is 12.7 Å². The van der Waals surface area contributed by atoms with Gasteiger partial charge in [-0.25, -0.2) is 9.07 Å². The van der Waals surface area contributed by atoms with E-state index in [1.807, 2.05) is 0 Å². The Morgan fingerprint density at radius 3 is 2.42 bits per heavy atom. The van der Waals surface area contributed by atoms with Gasteiger partial charge >= 0.3 is 0 Å². The second kappa shape index (κ2) is 7.45. The molecule has 0 saturated carbocycles. The zero-order chi connectivity index (χ0) is 18.8. The van der Waals surface area contributed by atoms with Crippen LogP contribution in [0.3, 0.4) is 0 Å². The number of piperidine rings is 1. The molecule has 1 aliphatic heterocycles. The van der Waals surface area contributed by atoms with Crippen molar-refractivity contribution in [2.45, 2.75) is 32.7 Å². The first-order valence-corrected chi connectivity index (χ1v) is 8.82. The van der Waals surface area contributed by atoms with Gasteiger partial charge in [-0.3, -0.25) is 9.59 Å². The minimum atomic E-state index is -0.358. The fourth-order valence-corrected chi connectivity index (χ4v) is 3.46. The fourth-order valence-electron chi connectivity index (χ4n) is 3.11. The second-order valence-corrected chi connectivity index (χ2v) is 6.75. The van der Waals surface area contributed by atoms with Gasteiger partial charge in [0.1, 0.15) is 11.0 Å². The van der Waals surface area contributed by atoms with Gasteiger partial charge < -0.3 is 10.2 Å². The van der Waals surface area contributed by atoms with Gasteiger partial charge in [0, 0.05) is 26.1 Å². The monoisotopic (exact) mass is 378 g/mol. The van der Waals surface area contributed by atoms with Crippen molar-refractivity contribution in [1.29, 1.82) is 0 Å². The molecule has 2 heterocycles.